The highest BCUT2D eigenvalue weighted by Crippen LogP contribution is 2.18. The third-order valence-electron chi connectivity index (χ3n) is 2.19. The maximum Gasteiger partial charge on any atom is 0.126 e. The summed E-state index contributed by atoms with van der Waals surface area (Å²) in [5.41, 5.74) is 0.966. The van der Waals surface area contributed by atoms with Gasteiger partial charge >= 0.3 is 0 Å². The zero-order valence-corrected chi connectivity index (χ0v) is 9.69. The molecule has 0 atom stereocenters. The summed E-state index contributed by atoms with van der Waals surface area (Å²) in [5.74, 6) is 1.08. The van der Waals surface area contributed by atoms with Crippen molar-refractivity contribution in [3.8, 4) is 5.75 Å². The van der Waals surface area contributed by atoms with E-state index >= 15 is 0 Å². The van der Waals surface area contributed by atoms with E-state index in [1.165, 1.54) is 12.1 Å². The number of alkyl halides is 1. The number of hydrogen-bond acceptors (Lipinski definition) is 1. The maximum absolute atomic E-state index is 12.9. The second kappa shape index (κ2) is 6.67. The minimum atomic E-state index is -0.253. The molecule has 1 rings (SSSR count). The zero-order chi connectivity index (χ0) is 11.1. The van der Waals surface area contributed by atoms with Crippen molar-refractivity contribution in [1.82, 2.24) is 0 Å². The monoisotopic (exact) mass is 230 g/mol. The van der Waals surface area contributed by atoms with Crippen LogP contribution in [0.1, 0.15) is 24.8 Å². The van der Waals surface area contributed by atoms with Gasteiger partial charge in [-0.15, -0.1) is 11.6 Å². The highest BCUT2D eigenvalue weighted by Gasteiger charge is 2.00. The van der Waals surface area contributed by atoms with Gasteiger partial charge in [0.15, 0.2) is 0 Å². The highest BCUT2D eigenvalue weighted by molar-refractivity contribution is 6.17. The molecular weight excluding hydrogens is 215 g/mol. The third kappa shape index (κ3) is 4.52. The Kier molecular flexibility index (Phi) is 5.48. The van der Waals surface area contributed by atoms with Gasteiger partial charge in [0.2, 0.25) is 0 Å². The van der Waals surface area contributed by atoms with Crippen LogP contribution in [0, 0.1) is 12.7 Å². The molecule has 0 aromatic heterocycles. The van der Waals surface area contributed by atoms with Gasteiger partial charge in [-0.1, -0.05) is 6.07 Å². The smallest absolute Gasteiger partial charge is 0.126 e. The molecule has 84 valence electrons. The molecular formula is C12H16ClFO. The van der Waals surface area contributed by atoms with Crippen LogP contribution in [0.25, 0.3) is 0 Å². The van der Waals surface area contributed by atoms with E-state index in [2.05, 4.69) is 0 Å². The summed E-state index contributed by atoms with van der Waals surface area (Å²) in [6.07, 6.45) is 3.02. The summed E-state index contributed by atoms with van der Waals surface area (Å²) < 4.78 is 18.4. The second-order valence-electron chi connectivity index (χ2n) is 3.51. The van der Waals surface area contributed by atoms with Gasteiger partial charge in [-0.05, 0) is 37.8 Å². The van der Waals surface area contributed by atoms with Gasteiger partial charge in [0.1, 0.15) is 11.6 Å². The van der Waals surface area contributed by atoms with Crippen LogP contribution in [0.5, 0.6) is 5.75 Å². The summed E-state index contributed by atoms with van der Waals surface area (Å²) in [6, 6.07) is 4.59. The minimum absolute atomic E-state index is 0.253. The second-order valence-corrected chi connectivity index (χ2v) is 3.89. The molecule has 15 heavy (non-hydrogen) atoms. The molecule has 1 nitrogen and oxygen atoms in total. The summed E-state index contributed by atoms with van der Waals surface area (Å²) in [4.78, 5) is 0. The molecule has 0 aliphatic carbocycles. The molecule has 0 N–H and O–H groups in total. The summed E-state index contributed by atoms with van der Waals surface area (Å²) >= 11 is 5.55. The lowest BCUT2D eigenvalue weighted by atomic mass is 10.2. The minimum Gasteiger partial charge on any atom is -0.493 e. The normalized spacial score (nSPS) is 10.3. The fourth-order valence-corrected chi connectivity index (χ4v) is 1.47. The molecule has 0 heterocycles. The van der Waals surface area contributed by atoms with E-state index in [1.54, 1.807) is 6.07 Å². The number of unbranched alkanes of at least 4 members (excludes halogenated alkanes) is 2. The first-order chi connectivity index (χ1) is 7.24. The van der Waals surface area contributed by atoms with Crippen LogP contribution >= 0.6 is 11.6 Å². The van der Waals surface area contributed by atoms with Gasteiger partial charge in [0.25, 0.3) is 0 Å². The maximum atomic E-state index is 12.9. The summed E-state index contributed by atoms with van der Waals surface area (Å²) in [6.45, 7) is 2.54. The highest BCUT2D eigenvalue weighted by atomic mass is 35.5. The molecule has 0 saturated heterocycles. The molecule has 0 aliphatic rings. The Balaban J connectivity index is 2.33. The molecule has 0 unspecified atom stereocenters. The van der Waals surface area contributed by atoms with Gasteiger partial charge in [-0.25, -0.2) is 4.39 Å². The predicted octanol–water partition coefficient (Wildman–Crippen LogP) is 3.92. The van der Waals surface area contributed by atoms with Crippen molar-refractivity contribution in [2.24, 2.45) is 0 Å². The number of ether oxygens (including phenoxy) is 1. The van der Waals surface area contributed by atoms with Crippen LogP contribution in [0.4, 0.5) is 4.39 Å². The topological polar surface area (TPSA) is 9.23 Å². The fourth-order valence-electron chi connectivity index (χ4n) is 1.28. The number of halogens is 2. The van der Waals surface area contributed by atoms with Gasteiger partial charge in [-0.3, -0.25) is 0 Å². The van der Waals surface area contributed by atoms with Gasteiger partial charge in [0.05, 0.1) is 6.61 Å². The molecule has 0 saturated carbocycles. The molecule has 1 aromatic carbocycles. The largest absolute Gasteiger partial charge is 0.493 e. The van der Waals surface area contributed by atoms with Crippen LogP contribution in [-0.2, 0) is 0 Å². The molecule has 0 spiro atoms. The van der Waals surface area contributed by atoms with Gasteiger partial charge in [-0.2, -0.15) is 0 Å². The lowest BCUT2D eigenvalue weighted by Crippen LogP contribution is -1.99. The Morgan fingerprint density at radius 2 is 2.07 bits per heavy atom. The number of aryl methyl sites for hydroxylation is 1. The van der Waals surface area contributed by atoms with Crippen molar-refractivity contribution < 1.29 is 9.13 Å². The first-order valence-electron chi connectivity index (χ1n) is 5.19. The molecule has 3 heteroatoms. The predicted molar refractivity (Wildman–Crippen MR) is 61.2 cm³/mol. The number of benzene rings is 1. The molecule has 1 aromatic rings. The fraction of sp³-hybridized carbons (Fsp3) is 0.500. The molecule has 0 amide bonds. The number of rotatable bonds is 6. The van der Waals surface area contributed by atoms with Gasteiger partial charge in [0, 0.05) is 11.9 Å². The van der Waals surface area contributed by atoms with Crippen LogP contribution in [-0.4, -0.2) is 12.5 Å². The molecule has 0 aliphatic heterocycles. The van der Waals surface area contributed by atoms with Crippen molar-refractivity contribution in [3.05, 3.63) is 29.6 Å². The average molecular weight is 231 g/mol. The molecule has 0 radical (unpaired) electrons. The summed E-state index contributed by atoms with van der Waals surface area (Å²) in [7, 11) is 0. The summed E-state index contributed by atoms with van der Waals surface area (Å²) in [5, 5.41) is 0. The third-order valence-corrected chi connectivity index (χ3v) is 2.45. The quantitative estimate of drug-likeness (QED) is 0.532. The Morgan fingerprint density at radius 1 is 1.27 bits per heavy atom. The van der Waals surface area contributed by atoms with Crippen molar-refractivity contribution in [2.45, 2.75) is 26.2 Å². The standard InChI is InChI=1S/C12H16ClFO/c1-10-5-6-11(14)9-12(10)15-8-4-2-3-7-13/h5-6,9H,2-4,7-8H2,1H3. The lowest BCUT2D eigenvalue weighted by molar-refractivity contribution is 0.303. The van der Waals surface area contributed by atoms with Crippen molar-refractivity contribution in [1.29, 1.82) is 0 Å². The lowest BCUT2D eigenvalue weighted by Gasteiger charge is -2.08. The average Bonchev–Trinajstić information content (AvgIpc) is 2.23. The number of hydrogen-bond donors (Lipinski definition) is 0. The van der Waals surface area contributed by atoms with Crippen LogP contribution in [0.15, 0.2) is 18.2 Å². The van der Waals surface area contributed by atoms with E-state index < -0.39 is 0 Å². The van der Waals surface area contributed by atoms with Gasteiger partial charge < -0.3 is 4.74 Å². The van der Waals surface area contributed by atoms with Crippen LogP contribution in [0.3, 0.4) is 0 Å². The van der Waals surface area contributed by atoms with E-state index in [0.717, 1.165) is 24.8 Å². The van der Waals surface area contributed by atoms with Crippen molar-refractivity contribution in [3.63, 3.8) is 0 Å². The Morgan fingerprint density at radius 3 is 2.80 bits per heavy atom. The van der Waals surface area contributed by atoms with Crippen LogP contribution < -0.4 is 4.74 Å². The van der Waals surface area contributed by atoms with E-state index in [1.807, 2.05) is 6.92 Å². The molecule has 0 fully saturated rings. The van der Waals surface area contributed by atoms with E-state index in [-0.39, 0.29) is 5.82 Å². The Bertz CT molecular complexity index is 302. The molecule has 0 bridgehead atoms. The van der Waals surface area contributed by atoms with E-state index in [9.17, 15) is 4.39 Å². The van der Waals surface area contributed by atoms with Crippen molar-refractivity contribution >= 4 is 11.6 Å². The zero-order valence-electron chi connectivity index (χ0n) is 8.93. The Labute approximate surface area is 95.2 Å². The first kappa shape index (κ1) is 12.3. The van der Waals surface area contributed by atoms with E-state index in [0.29, 0.717) is 18.2 Å². The van der Waals surface area contributed by atoms with Crippen molar-refractivity contribution in [2.75, 3.05) is 12.5 Å². The van der Waals surface area contributed by atoms with Crippen LogP contribution in [0.2, 0.25) is 0 Å². The SMILES string of the molecule is Cc1ccc(F)cc1OCCCCCCl. The Hall–Kier alpha value is -0.760. The van der Waals surface area contributed by atoms with E-state index in [4.69, 9.17) is 16.3 Å². The first-order valence-corrected chi connectivity index (χ1v) is 5.72.